The second-order valence-electron chi connectivity index (χ2n) is 4.57. The third-order valence-electron chi connectivity index (χ3n) is 2.54. The third kappa shape index (κ3) is 3.79. The van der Waals surface area contributed by atoms with Crippen LogP contribution in [-0.4, -0.2) is 22.9 Å². The predicted octanol–water partition coefficient (Wildman–Crippen LogP) is 3.58. The summed E-state index contributed by atoms with van der Waals surface area (Å²) in [4.78, 5) is 4.29. The molecule has 0 aliphatic rings. The van der Waals surface area contributed by atoms with E-state index in [2.05, 4.69) is 26.1 Å². The first kappa shape index (κ1) is 15.4. The van der Waals surface area contributed by atoms with Gasteiger partial charge in [0, 0.05) is 9.50 Å². The molecule has 0 spiro atoms. The maximum absolute atomic E-state index is 5.97. The van der Waals surface area contributed by atoms with Crippen molar-refractivity contribution >= 4 is 27.5 Å². The number of benzene rings is 1. The van der Waals surface area contributed by atoms with Crippen LogP contribution in [0.25, 0.3) is 11.5 Å². The van der Waals surface area contributed by atoms with Gasteiger partial charge in [0.1, 0.15) is 0 Å². The Balaban J connectivity index is 2.18. The minimum absolute atomic E-state index is 0.106. The van der Waals surface area contributed by atoms with Crippen molar-refractivity contribution in [3.63, 3.8) is 0 Å². The molecule has 1 aromatic heterocycles. The van der Waals surface area contributed by atoms with E-state index in [1.165, 1.54) is 0 Å². The van der Waals surface area contributed by atoms with Gasteiger partial charge in [0.05, 0.1) is 24.3 Å². The Morgan fingerprint density at radius 3 is 2.90 bits per heavy atom. The lowest BCUT2D eigenvalue weighted by Crippen LogP contribution is -2.20. The molecule has 0 saturated heterocycles. The summed E-state index contributed by atoms with van der Waals surface area (Å²) < 4.78 is 11.5. The lowest BCUT2D eigenvalue weighted by molar-refractivity contribution is 0.0665. The van der Waals surface area contributed by atoms with Gasteiger partial charge in [-0.3, -0.25) is 0 Å². The maximum atomic E-state index is 5.97. The molecule has 1 unspecified atom stereocenters. The number of hydrogen-bond donors (Lipinski definition) is 1. The van der Waals surface area contributed by atoms with Crippen LogP contribution >= 0.6 is 27.5 Å². The molecule has 7 heteroatoms. The molecular formula is C13H15BrClN3O2. The van der Waals surface area contributed by atoms with Crippen LogP contribution in [0.5, 0.6) is 0 Å². The van der Waals surface area contributed by atoms with E-state index in [0.717, 1.165) is 10.0 Å². The van der Waals surface area contributed by atoms with Crippen molar-refractivity contribution in [1.82, 2.24) is 10.1 Å². The van der Waals surface area contributed by atoms with E-state index in [-0.39, 0.29) is 6.10 Å². The molecule has 2 N–H and O–H groups in total. The molecule has 0 bridgehead atoms. The van der Waals surface area contributed by atoms with Crippen LogP contribution in [0, 0.1) is 0 Å². The maximum Gasteiger partial charge on any atom is 0.259 e. The first-order valence-corrected chi connectivity index (χ1v) is 7.30. The molecule has 0 aliphatic carbocycles. The molecule has 0 fully saturated rings. The fraction of sp³-hybridized carbons (Fsp3) is 0.385. The van der Waals surface area contributed by atoms with Gasteiger partial charge in [0.2, 0.25) is 0 Å². The Morgan fingerprint density at radius 2 is 2.20 bits per heavy atom. The molecule has 0 saturated carbocycles. The SMILES string of the molecule is CC(C)OCC(N)c1noc(-c2cc(Cl)ccc2Br)n1. The summed E-state index contributed by atoms with van der Waals surface area (Å²) in [7, 11) is 0. The lowest BCUT2D eigenvalue weighted by Gasteiger charge is -2.10. The van der Waals surface area contributed by atoms with Crippen LogP contribution in [-0.2, 0) is 4.74 Å². The molecule has 5 nitrogen and oxygen atoms in total. The summed E-state index contributed by atoms with van der Waals surface area (Å²) in [5.74, 6) is 0.780. The minimum Gasteiger partial charge on any atom is -0.377 e. The molecule has 2 rings (SSSR count). The number of nitrogens with zero attached hydrogens (tertiary/aromatic N) is 2. The molecule has 2 aromatic rings. The summed E-state index contributed by atoms with van der Waals surface area (Å²) >= 11 is 9.39. The highest BCUT2D eigenvalue weighted by molar-refractivity contribution is 9.10. The van der Waals surface area contributed by atoms with E-state index in [4.69, 9.17) is 26.6 Å². The Kier molecular flexibility index (Phi) is 5.15. The largest absolute Gasteiger partial charge is 0.377 e. The topological polar surface area (TPSA) is 74.2 Å². The van der Waals surface area contributed by atoms with Crippen molar-refractivity contribution in [3.8, 4) is 11.5 Å². The van der Waals surface area contributed by atoms with E-state index >= 15 is 0 Å². The first-order chi connectivity index (χ1) is 9.47. The summed E-state index contributed by atoms with van der Waals surface area (Å²) in [6.07, 6.45) is 0.106. The van der Waals surface area contributed by atoms with Crippen LogP contribution in [0.1, 0.15) is 25.7 Å². The lowest BCUT2D eigenvalue weighted by atomic mass is 10.2. The Labute approximate surface area is 130 Å². The van der Waals surface area contributed by atoms with Crippen molar-refractivity contribution in [2.24, 2.45) is 5.73 Å². The minimum atomic E-state index is -0.423. The summed E-state index contributed by atoms with van der Waals surface area (Å²) in [5.41, 5.74) is 6.68. The van der Waals surface area contributed by atoms with E-state index in [9.17, 15) is 0 Å². The van der Waals surface area contributed by atoms with Gasteiger partial charge in [0.25, 0.3) is 5.89 Å². The molecule has 0 aliphatic heterocycles. The molecule has 20 heavy (non-hydrogen) atoms. The number of rotatable bonds is 5. The Morgan fingerprint density at radius 1 is 1.45 bits per heavy atom. The van der Waals surface area contributed by atoms with Crippen molar-refractivity contribution in [2.75, 3.05) is 6.61 Å². The Bertz CT molecular complexity index is 589. The summed E-state index contributed by atoms with van der Waals surface area (Å²) in [6.45, 7) is 4.22. The molecule has 0 amide bonds. The highest BCUT2D eigenvalue weighted by atomic mass is 79.9. The van der Waals surface area contributed by atoms with Crippen molar-refractivity contribution in [1.29, 1.82) is 0 Å². The van der Waals surface area contributed by atoms with Crippen LogP contribution in [0.3, 0.4) is 0 Å². The Hall–Kier alpha value is -0.950. The van der Waals surface area contributed by atoms with Crippen molar-refractivity contribution in [3.05, 3.63) is 33.5 Å². The van der Waals surface area contributed by atoms with Gasteiger partial charge in [-0.1, -0.05) is 16.8 Å². The molecule has 0 radical (unpaired) electrons. The number of aromatic nitrogens is 2. The van der Waals surface area contributed by atoms with Gasteiger partial charge in [-0.15, -0.1) is 0 Å². The third-order valence-corrected chi connectivity index (χ3v) is 3.47. The zero-order valence-electron chi connectivity index (χ0n) is 11.1. The van der Waals surface area contributed by atoms with Crippen molar-refractivity contribution < 1.29 is 9.26 Å². The zero-order chi connectivity index (χ0) is 14.7. The van der Waals surface area contributed by atoms with Gasteiger partial charge in [0.15, 0.2) is 5.82 Å². The van der Waals surface area contributed by atoms with Crippen molar-refractivity contribution in [2.45, 2.75) is 26.0 Å². The average Bonchev–Trinajstić information content (AvgIpc) is 2.88. The fourth-order valence-electron chi connectivity index (χ4n) is 1.53. The monoisotopic (exact) mass is 359 g/mol. The van der Waals surface area contributed by atoms with Gasteiger partial charge in [-0.2, -0.15) is 4.98 Å². The first-order valence-electron chi connectivity index (χ1n) is 6.13. The van der Waals surface area contributed by atoms with Gasteiger partial charge in [-0.05, 0) is 48.0 Å². The van der Waals surface area contributed by atoms with Crippen LogP contribution < -0.4 is 5.73 Å². The summed E-state index contributed by atoms with van der Waals surface area (Å²) in [5, 5.41) is 4.48. The quantitative estimate of drug-likeness (QED) is 0.882. The standard InChI is InChI=1S/C13H15BrClN3O2/c1-7(2)19-6-11(16)12-17-13(20-18-12)9-5-8(15)3-4-10(9)14/h3-5,7,11H,6,16H2,1-2H3. The molecule has 1 heterocycles. The number of nitrogens with two attached hydrogens (primary N) is 1. The zero-order valence-corrected chi connectivity index (χ0v) is 13.5. The van der Waals surface area contributed by atoms with E-state index in [0.29, 0.717) is 23.3 Å². The smallest absolute Gasteiger partial charge is 0.259 e. The number of hydrogen-bond acceptors (Lipinski definition) is 5. The second-order valence-corrected chi connectivity index (χ2v) is 5.86. The molecule has 108 valence electrons. The van der Waals surface area contributed by atoms with Crippen LogP contribution in [0.2, 0.25) is 5.02 Å². The normalized spacial score (nSPS) is 12.9. The van der Waals surface area contributed by atoms with Gasteiger partial charge >= 0.3 is 0 Å². The number of ether oxygens (including phenoxy) is 1. The highest BCUT2D eigenvalue weighted by Gasteiger charge is 2.17. The summed E-state index contributed by atoms with van der Waals surface area (Å²) in [6, 6.07) is 4.92. The average molecular weight is 361 g/mol. The van der Waals surface area contributed by atoms with E-state index in [1.807, 2.05) is 19.9 Å². The molecular weight excluding hydrogens is 346 g/mol. The molecule has 1 atom stereocenters. The predicted molar refractivity (Wildman–Crippen MR) is 80.5 cm³/mol. The van der Waals surface area contributed by atoms with E-state index < -0.39 is 6.04 Å². The van der Waals surface area contributed by atoms with Crippen LogP contribution in [0.4, 0.5) is 0 Å². The van der Waals surface area contributed by atoms with Gasteiger partial charge < -0.3 is 15.0 Å². The van der Waals surface area contributed by atoms with Crippen LogP contribution in [0.15, 0.2) is 27.2 Å². The second kappa shape index (κ2) is 6.67. The number of halogens is 2. The van der Waals surface area contributed by atoms with Gasteiger partial charge in [-0.25, -0.2) is 0 Å². The van der Waals surface area contributed by atoms with E-state index in [1.54, 1.807) is 12.1 Å². The fourth-order valence-corrected chi connectivity index (χ4v) is 2.12. The highest BCUT2D eigenvalue weighted by Crippen LogP contribution is 2.30. The molecule has 1 aromatic carbocycles.